The molecule has 9 nitrogen and oxygen atoms in total. The summed E-state index contributed by atoms with van der Waals surface area (Å²) in [6, 6.07) is 22.0. The standard InChI is InChI=1S/C25H22N6O3/c1-16-4-13-22(34-16)17-5-7-18(8-6-17)27-24-29-23(26-15-21-3-2-14-33-21)30-25(31-24)28-19-9-11-20(32)12-10-19/h2-14,32H,15H2,1H3,(H3,26,27,28,29,30,31). The molecule has 2 aromatic carbocycles. The Morgan fingerprint density at radius 3 is 2.00 bits per heavy atom. The number of nitrogens with zero attached hydrogens (tertiary/aromatic N) is 3. The van der Waals surface area contributed by atoms with E-state index in [0.29, 0.717) is 24.4 Å². The number of hydrogen-bond donors (Lipinski definition) is 4. The minimum Gasteiger partial charge on any atom is -0.508 e. The Hall–Kier alpha value is -4.79. The normalized spacial score (nSPS) is 10.7. The first-order chi connectivity index (χ1) is 16.6. The Balaban J connectivity index is 1.37. The third-order valence-corrected chi connectivity index (χ3v) is 4.93. The van der Waals surface area contributed by atoms with E-state index in [1.807, 2.05) is 55.5 Å². The van der Waals surface area contributed by atoms with Gasteiger partial charge in [-0.25, -0.2) is 0 Å². The SMILES string of the molecule is Cc1ccc(-c2ccc(Nc3nc(NCc4ccco4)nc(Nc4ccc(O)cc4)n3)cc2)o1. The highest BCUT2D eigenvalue weighted by Crippen LogP contribution is 2.25. The third-order valence-electron chi connectivity index (χ3n) is 4.93. The van der Waals surface area contributed by atoms with Crippen LogP contribution in [0.5, 0.6) is 5.75 Å². The molecule has 0 bridgehead atoms. The molecule has 0 aliphatic carbocycles. The molecule has 0 saturated heterocycles. The molecule has 4 N–H and O–H groups in total. The molecule has 5 aromatic rings. The molecule has 3 aromatic heterocycles. The van der Waals surface area contributed by atoms with Crippen LogP contribution in [0, 0.1) is 6.92 Å². The van der Waals surface area contributed by atoms with E-state index in [1.54, 1.807) is 30.5 Å². The van der Waals surface area contributed by atoms with E-state index in [4.69, 9.17) is 8.83 Å². The molecule has 3 heterocycles. The molecular weight excluding hydrogens is 432 g/mol. The number of aromatic hydroxyl groups is 1. The van der Waals surface area contributed by atoms with Crippen LogP contribution in [-0.4, -0.2) is 20.1 Å². The minimum absolute atomic E-state index is 0.178. The van der Waals surface area contributed by atoms with Crippen LogP contribution in [0.15, 0.2) is 87.9 Å². The van der Waals surface area contributed by atoms with Crippen LogP contribution < -0.4 is 16.0 Å². The smallest absolute Gasteiger partial charge is 0.233 e. The summed E-state index contributed by atoms with van der Waals surface area (Å²) in [5.74, 6) is 3.69. The topological polar surface area (TPSA) is 121 Å². The molecule has 0 amide bonds. The predicted molar refractivity (Wildman–Crippen MR) is 129 cm³/mol. The van der Waals surface area contributed by atoms with Crippen molar-refractivity contribution in [3.63, 3.8) is 0 Å². The molecule has 0 unspecified atom stereocenters. The molecule has 34 heavy (non-hydrogen) atoms. The van der Waals surface area contributed by atoms with Gasteiger partial charge < -0.3 is 29.9 Å². The average Bonchev–Trinajstić information content (AvgIpc) is 3.52. The van der Waals surface area contributed by atoms with Gasteiger partial charge in [-0.15, -0.1) is 0 Å². The highest BCUT2D eigenvalue weighted by atomic mass is 16.3. The summed E-state index contributed by atoms with van der Waals surface area (Å²) >= 11 is 0. The van der Waals surface area contributed by atoms with Crippen molar-refractivity contribution in [2.45, 2.75) is 13.5 Å². The van der Waals surface area contributed by atoms with E-state index < -0.39 is 0 Å². The van der Waals surface area contributed by atoms with Gasteiger partial charge in [0.1, 0.15) is 23.0 Å². The van der Waals surface area contributed by atoms with Crippen molar-refractivity contribution >= 4 is 29.2 Å². The fraction of sp³-hybridized carbons (Fsp3) is 0.0800. The lowest BCUT2D eigenvalue weighted by atomic mass is 10.1. The van der Waals surface area contributed by atoms with Crippen molar-refractivity contribution in [2.75, 3.05) is 16.0 Å². The van der Waals surface area contributed by atoms with E-state index in [9.17, 15) is 5.11 Å². The van der Waals surface area contributed by atoms with Crippen LogP contribution in [-0.2, 0) is 6.54 Å². The molecular formula is C25H22N6O3. The van der Waals surface area contributed by atoms with Crippen molar-refractivity contribution in [3.05, 3.63) is 90.6 Å². The molecule has 9 heteroatoms. The van der Waals surface area contributed by atoms with Gasteiger partial charge in [-0.3, -0.25) is 0 Å². The summed E-state index contributed by atoms with van der Waals surface area (Å²) in [5, 5.41) is 19.0. The van der Waals surface area contributed by atoms with Gasteiger partial charge >= 0.3 is 0 Å². The Morgan fingerprint density at radius 1 is 0.765 bits per heavy atom. The third kappa shape index (κ3) is 5.16. The number of anilines is 5. The molecule has 0 spiro atoms. The van der Waals surface area contributed by atoms with Crippen molar-refractivity contribution in [2.24, 2.45) is 0 Å². The van der Waals surface area contributed by atoms with Crippen LogP contribution in [0.2, 0.25) is 0 Å². The minimum atomic E-state index is 0.178. The van der Waals surface area contributed by atoms with E-state index in [0.717, 1.165) is 34.2 Å². The lowest BCUT2D eigenvalue weighted by molar-refractivity contribution is 0.475. The number of rotatable bonds is 8. The number of phenolic OH excluding ortho intramolecular Hbond substituents is 1. The number of aryl methyl sites for hydroxylation is 1. The first kappa shape index (κ1) is 21.1. The molecule has 0 atom stereocenters. The van der Waals surface area contributed by atoms with E-state index in [1.165, 1.54) is 0 Å². The zero-order valence-electron chi connectivity index (χ0n) is 18.3. The largest absolute Gasteiger partial charge is 0.508 e. The van der Waals surface area contributed by atoms with E-state index in [2.05, 4.69) is 30.9 Å². The lowest BCUT2D eigenvalue weighted by Gasteiger charge is -2.11. The highest BCUT2D eigenvalue weighted by molar-refractivity contribution is 5.64. The molecule has 0 saturated carbocycles. The van der Waals surface area contributed by atoms with E-state index in [-0.39, 0.29) is 5.75 Å². The Morgan fingerprint density at radius 2 is 1.41 bits per heavy atom. The van der Waals surface area contributed by atoms with Crippen LogP contribution in [0.1, 0.15) is 11.5 Å². The van der Waals surface area contributed by atoms with Gasteiger partial charge in [0.05, 0.1) is 12.8 Å². The Kier molecular flexibility index (Phi) is 5.81. The predicted octanol–water partition coefficient (Wildman–Crippen LogP) is 5.84. The molecule has 0 radical (unpaired) electrons. The maximum absolute atomic E-state index is 9.53. The second-order valence-corrected chi connectivity index (χ2v) is 7.52. The highest BCUT2D eigenvalue weighted by Gasteiger charge is 2.09. The maximum atomic E-state index is 9.53. The fourth-order valence-electron chi connectivity index (χ4n) is 3.26. The number of benzene rings is 2. The van der Waals surface area contributed by atoms with Crippen LogP contribution >= 0.6 is 0 Å². The summed E-state index contributed by atoms with van der Waals surface area (Å²) in [5.41, 5.74) is 2.51. The number of nitrogens with one attached hydrogen (secondary N) is 3. The number of hydrogen-bond acceptors (Lipinski definition) is 9. The quantitative estimate of drug-likeness (QED) is 0.214. The monoisotopic (exact) mass is 454 g/mol. The molecule has 0 fully saturated rings. The van der Waals surface area contributed by atoms with E-state index >= 15 is 0 Å². The molecule has 0 aliphatic heterocycles. The Bertz CT molecular complexity index is 1360. The van der Waals surface area contributed by atoms with Crippen molar-refractivity contribution < 1.29 is 13.9 Å². The molecule has 170 valence electrons. The second-order valence-electron chi connectivity index (χ2n) is 7.52. The molecule has 5 rings (SSSR count). The summed E-state index contributed by atoms with van der Waals surface area (Å²) in [7, 11) is 0. The zero-order valence-corrected chi connectivity index (χ0v) is 18.3. The van der Waals surface area contributed by atoms with Gasteiger partial charge in [0, 0.05) is 16.9 Å². The van der Waals surface area contributed by atoms with Crippen molar-refractivity contribution in [1.29, 1.82) is 0 Å². The van der Waals surface area contributed by atoms with Gasteiger partial charge in [0.2, 0.25) is 17.8 Å². The van der Waals surface area contributed by atoms with Crippen molar-refractivity contribution in [1.82, 2.24) is 15.0 Å². The number of furan rings is 2. The fourth-order valence-corrected chi connectivity index (χ4v) is 3.26. The molecule has 0 aliphatic rings. The number of aromatic nitrogens is 3. The number of phenols is 1. The maximum Gasteiger partial charge on any atom is 0.233 e. The summed E-state index contributed by atoms with van der Waals surface area (Å²) in [6.07, 6.45) is 1.61. The average molecular weight is 454 g/mol. The van der Waals surface area contributed by atoms with Gasteiger partial charge in [0.15, 0.2) is 0 Å². The van der Waals surface area contributed by atoms with Crippen LogP contribution in [0.25, 0.3) is 11.3 Å². The van der Waals surface area contributed by atoms with Crippen LogP contribution in [0.3, 0.4) is 0 Å². The summed E-state index contributed by atoms with van der Waals surface area (Å²) in [6.45, 7) is 2.34. The summed E-state index contributed by atoms with van der Waals surface area (Å²) in [4.78, 5) is 13.4. The summed E-state index contributed by atoms with van der Waals surface area (Å²) < 4.78 is 11.1. The van der Waals surface area contributed by atoms with Crippen molar-refractivity contribution in [3.8, 4) is 17.1 Å². The first-order valence-electron chi connectivity index (χ1n) is 10.6. The van der Waals surface area contributed by atoms with Gasteiger partial charge in [-0.1, -0.05) is 0 Å². The van der Waals surface area contributed by atoms with Gasteiger partial charge in [0.25, 0.3) is 0 Å². The first-order valence-corrected chi connectivity index (χ1v) is 10.6. The van der Waals surface area contributed by atoms with Gasteiger partial charge in [-0.05, 0) is 79.7 Å². The second kappa shape index (κ2) is 9.37. The van der Waals surface area contributed by atoms with Gasteiger partial charge in [-0.2, -0.15) is 15.0 Å². The lowest BCUT2D eigenvalue weighted by Crippen LogP contribution is -2.09. The Labute approximate surface area is 195 Å². The zero-order chi connectivity index (χ0) is 23.3. The van der Waals surface area contributed by atoms with Crippen LogP contribution in [0.4, 0.5) is 29.2 Å².